The molecule has 9 heteroatoms. The Bertz CT molecular complexity index is 742. The lowest BCUT2D eigenvalue weighted by atomic mass is 9.89. The normalized spacial score (nSPS) is 16.1. The lowest BCUT2D eigenvalue weighted by Gasteiger charge is -2.28. The number of rotatable bonds is 10. The summed E-state index contributed by atoms with van der Waals surface area (Å²) in [6, 6.07) is 1.36. The lowest BCUT2D eigenvalue weighted by molar-refractivity contribution is -0.127. The van der Waals surface area contributed by atoms with Crippen LogP contribution < -0.4 is 16.0 Å². The second-order valence-electron chi connectivity index (χ2n) is 7.22. The zero-order valence-corrected chi connectivity index (χ0v) is 17.0. The van der Waals surface area contributed by atoms with Gasteiger partial charge in [0.1, 0.15) is 11.6 Å². The summed E-state index contributed by atoms with van der Waals surface area (Å²) in [5.74, 6) is -3.20. The molecule has 0 aromatic heterocycles. The molecule has 0 bridgehead atoms. The van der Waals surface area contributed by atoms with Gasteiger partial charge in [0.25, 0.3) is 0 Å². The Labute approximate surface area is 173 Å². The topological polar surface area (TPSA) is 87.3 Å². The smallest absolute Gasteiger partial charge is 0.225 e. The number of benzene rings is 1. The maximum absolute atomic E-state index is 14.7. The van der Waals surface area contributed by atoms with Gasteiger partial charge in [0.05, 0.1) is 17.0 Å². The average molecular weight is 430 g/mol. The molecule has 1 fully saturated rings. The predicted molar refractivity (Wildman–Crippen MR) is 105 cm³/mol. The van der Waals surface area contributed by atoms with Crippen molar-refractivity contribution in [3.8, 4) is 0 Å². The lowest BCUT2D eigenvalue weighted by Crippen LogP contribution is -2.41. The van der Waals surface area contributed by atoms with Crippen LogP contribution in [0.25, 0.3) is 0 Å². The third-order valence-electron chi connectivity index (χ3n) is 5.38. The second-order valence-corrected chi connectivity index (χ2v) is 7.63. The molecule has 0 spiro atoms. The zero-order chi connectivity index (χ0) is 21.4. The van der Waals surface area contributed by atoms with Gasteiger partial charge in [-0.25, -0.2) is 8.78 Å². The van der Waals surface area contributed by atoms with E-state index in [1.807, 2.05) is 0 Å². The molecule has 160 valence electrons. The summed E-state index contributed by atoms with van der Waals surface area (Å²) in [4.78, 5) is 35.1. The molecule has 6 nitrogen and oxygen atoms in total. The Morgan fingerprint density at radius 3 is 2.59 bits per heavy atom. The molecule has 2 rings (SSSR count). The molecule has 1 saturated carbocycles. The molecule has 1 aliphatic rings. The number of carbonyl (C=O) groups is 3. The SMILES string of the molecule is CNC(=O)CC[C@@H](CNC=O)C(=O)NC(c1c(F)ccc(Cl)c1F)C1CCCC1. The van der Waals surface area contributed by atoms with Gasteiger partial charge in [-0.3, -0.25) is 14.4 Å². The first-order valence-electron chi connectivity index (χ1n) is 9.70. The maximum atomic E-state index is 14.7. The Morgan fingerprint density at radius 2 is 1.97 bits per heavy atom. The van der Waals surface area contributed by atoms with Gasteiger partial charge < -0.3 is 16.0 Å². The zero-order valence-electron chi connectivity index (χ0n) is 16.3. The van der Waals surface area contributed by atoms with Crippen LogP contribution in [0, 0.1) is 23.5 Å². The summed E-state index contributed by atoms with van der Waals surface area (Å²) in [7, 11) is 1.49. The summed E-state index contributed by atoms with van der Waals surface area (Å²) in [6.07, 6.45) is 4.01. The summed E-state index contributed by atoms with van der Waals surface area (Å²) < 4.78 is 29.2. The van der Waals surface area contributed by atoms with Gasteiger partial charge in [-0.1, -0.05) is 24.4 Å². The van der Waals surface area contributed by atoms with Crippen LogP contribution in [0.5, 0.6) is 0 Å². The summed E-state index contributed by atoms with van der Waals surface area (Å²) in [5.41, 5.74) is -0.244. The Morgan fingerprint density at radius 1 is 1.28 bits per heavy atom. The van der Waals surface area contributed by atoms with E-state index in [-0.39, 0.29) is 41.8 Å². The van der Waals surface area contributed by atoms with Crippen LogP contribution in [0.3, 0.4) is 0 Å². The van der Waals surface area contributed by atoms with Gasteiger partial charge in [-0.15, -0.1) is 0 Å². The number of carbonyl (C=O) groups excluding carboxylic acids is 3. The van der Waals surface area contributed by atoms with Gasteiger partial charge in [0.15, 0.2) is 0 Å². The van der Waals surface area contributed by atoms with Crippen LogP contribution in [0.1, 0.15) is 50.1 Å². The molecule has 29 heavy (non-hydrogen) atoms. The van der Waals surface area contributed by atoms with E-state index in [1.165, 1.54) is 7.05 Å². The van der Waals surface area contributed by atoms with E-state index in [0.29, 0.717) is 6.41 Å². The van der Waals surface area contributed by atoms with E-state index in [4.69, 9.17) is 11.6 Å². The Balaban J connectivity index is 2.26. The maximum Gasteiger partial charge on any atom is 0.225 e. The fourth-order valence-corrected chi connectivity index (χ4v) is 3.93. The molecular formula is C20H26ClF2N3O3. The van der Waals surface area contributed by atoms with Crippen molar-refractivity contribution in [1.82, 2.24) is 16.0 Å². The minimum absolute atomic E-state index is 0.0181. The van der Waals surface area contributed by atoms with Crippen molar-refractivity contribution in [2.75, 3.05) is 13.6 Å². The van der Waals surface area contributed by atoms with E-state index >= 15 is 0 Å². The largest absolute Gasteiger partial charge is 0.359 e. The van der Waals surface area contributed by atoms with E-state index in [9.17, 15) is 23.2 Å². The van der Waals surface area contributed by atoms with E-state index in [0.717, 1.165) is 37.8 Å². The van der Waals surface area contributed by atoms with Gasteiger partial charge in [0.2, 0.25) is 18.2 Å². The molecule has 1 aromatic rings. The predicted octanol–water partition coefficient (Wildman–Crippen LogP) is 2.85. The van der Waals surface area contributed by atoms with Gasteiger partial charge in [-0.2, -0.15) is 0 Å². The third-order valence-corrected chi connectivity index (χ3v) is 5.67. The van der Waals surface area contributed by atoms with Crippen molar-refractivity contribution in [1.29, 1.82) is 0 Å². The average Bonchev–Trinajstić information content (AvgIpc) is 3.24. The number of halogens is 3. The van der Waals surface area contributed by atoms with Crippen molar-refractivity contribution in [2.45, 2.75) is 44.6 Å². The first-order valence-corrected chi connectivity index (χ1v) is 10.1. The Kier molecular flexibility index (Phi) is 8.82. The highest BCUT2D eigenvalue weighted by molar-refractivity contribution is 6.30. The Hall–Kier alpha value is -2.22. The van der Waals surface area contributed by atoms with Crippen molar-refractivity contribution in [2.24, 2.45) is 11.8 Å². The first kappa shape index (κ1) is 23.1. The third kappa shape index (κ3) is 6.13. The highest BCUT2D eigenvalue weighted by Crippen LogP contribution is 2.39. The molecule has 1 aromatic carbocycles. The van der Waals surface area contributed by atoms with E-state index in [2.05, 4.69) is 16.0 Å². The minimum Gasteiger partial charge on any atom is -0.359 e. The second kappa shape index (κ2) is 11.1. The molecule has 1 unspecified atom stereocenters. The molecule has 3 N–H and O–H groups in total. The highest BCUT2D eigenvalue weighted by atomic mass is 35.5. The molecule has 1 aliphatic carbocycles. The first-order chi connectivity index (χ1) is 13.9. The van der Waals surface area contributed by atoms with E-state index < -0.39 is 29.5 Å². The molecule has 2 atom stereocenters. The van der Waals surface area contributed by atoms with Crippen LogP contribution in [0.4, 0.5) is 8.78 Å². The summed E-state index contributed by atoms with van der Waals surface area (Å²) in [6.45, 7) is 0.0181. The van der Waals surface area contributed by atoms with Crippen LogP contribution in [0.2, 0.25) is 5.02 Å². The van der Waals surface area contributed by atoms with E-state index in [1.54, 1.807) is 0 Å². The van der Waals surface area contributed by atoms with Crippen LogP contribution in [-0.2, 0) is 14.4 Å². The summed E-state index contributed by atoms with van der Waals surface area (Å²) in [5, 5.41) is 7.48. The monoisotopic (exact) mass is 429 g/mol. The van der Waals surface area contributed by atoms with Crippen molar-refractivity contribution >= 4 is 29.8 Å². The van der Waals surface area contributed by atoms with Crippen LogP contribution >= 0.6 is 11.6 Å². The standard InChI is InChI=1S/C20H26ClF2N3O3/c1-24-16(28)9-6-13(10-25-11-27)20(29)26-19(12-4-2-3-5-12)17-15(22)8-7-14(21)18(17)23/h7-8,11-13,19H,2-6,9-10H2,1H3,(H,24,28)(H,25,27)(H,26,29)/t13-,19?/m0/s1. The highest BCUT2D eigenvalue weighted by Gasteiger charge is 2.34. The van der Waals surface area contributed by atoms with Crippen LogP contribution in [-0.4, -0.2) is 31.8 Å². The summed E-state index contributed by atoms with van der Waals surface area (Å²) >= 11 is 5.86. The fraction of sp³-hybridized carbons (Fsp3) is 0.550. The van der Waals surface area contributed by atoms with Crippen LogP contribution in [0.15, 0.2) is 12.1 Å². The molecular weight excluding hydrogens is 404 g/mol. The van der Waals surface area contributed by atoms with Crippen molar-refractivity contribution in [3.63, 3.8) is 0 Å². The van der Waals surface area contributed by atoms with Gasteiger partial charge in [-0.05, 0) is 37.3 Å². The van der Waals surface area contributed by atoms with Crippen molar-refractivity contribution in [3.05, 3.63) is 34.4 Å². The number of hydrogen-bond donors (Lipinski definition) is 3. The number of amides is 3. The molecule has 0 radical (unpaired) electrons. The quantitative estimate of drug-likeness (QED) is 0.395. The number of nitrogens with one attached hydrogen (secondary N) is 3. The minimum atomic E-state index is -0.878. The molecule has 0 saturated heterocycles. The molecule has 3 amide bonds. The molecule has 0 heterocycles. The fourth-order valence-electron chi connectivity index (χ4n) is 3.76. The number of hydrogen-bond acceptors (Lipinski definition) is 3. The molecule has 0 aliphatic heterocycles. The van der Waals surface area contributed by atoms with Crippen molar-refractivity contribution < 1.29 is 23.2 Å². The van der Waals surface area contributed by atoms with Gasteiger partial charge >= 0.3 is 0 Å². The van der Waals surface area contributed by atoms with Gasteiger partial charge in [0, 0.05) is 25.6 Å².